The lowest BCUT2D eigenvalue weighted by Crippen LogP contribution is -2.59. The number of amides is 3. The van der Waals surface area contributed by atoms with Gasteiger partial charge in [0.05, 0.1) is 38.6 Å². The van der Waals surface area contributed by atoms with E-state index in [0.29, 0.717) is 72.0 Å². The van der Waals surface area contributed by atoms with Gasteiger partial charge in [-0.15, -0.1) is 0 Å². The Balaban J connectivity index is 0. The van der Waals surface area contributed by atoms with Crippen LogP contribution in [0.1, 0.15) is 80.1 Å². The summed E-state index contributed by atoms with van der Waals surface area (Å²) in [4.78, 5) is 33.0. The highest BCUT2D eigenvalue weighted by molar-refractivity contribution is 5.76. The fourth-order valence-electron chi connectivity index (χ4n) is 3.05. The van der Waals surface area contributed by atoms with E-state index in [9.17, 15) is 14.4 Å². The van der Waals surface area contributed by atoms with Gasteiger partial charge >= 0.3 is 0 Å². The number of carbonyl (C=O) groups is 3. The van der Waals surface area contributed by atoms with Crippen LogP contribution >= 0.6 is 0 Å². The number of ether oxygens (including phenoxy) is 3. The molecule has 0 fully saturated rings. The van der Waals surface area contributed by atoms with Crippen LogP contribution in [0.5, 0.6) is 0 Å². The van der Waals surface area contributed by atoms with Gasteiger partial charge in [0.1, 0.15) is 0 Å². The van der Waals surface area contributed by atoms with Crippen molar-refractivity contribution in [3.63, 3.8) is 0 Å². The minimum absolute atomic E-state index is 0.00385. The van der Waals surface area contributed by atoms with Crippen molar-refractivity contribution < 1.29 is 28.6 Å². The predicted molar refractivity (Wildman–Crippen MR) is 144 cm³/mol. The lowest BCUT2D eigenvalue weighted by atomic mass is 10.0. The smallest absolute Gasteiger partial charge is 0.222 e. The maximum Gasteiger partial charge on any atom is 0.222 e. The maximum atomic E-state index is 11.8. The Labute approximate surface area is 219 Å². The van der Waals surface area contributed by atoms with Crippen molar-refractivity contribution in [3.05, 3.63) is 0 Å². The summed E-state index contributed by atoms with van der Waals surface area (Å²) >= 11 is 0. The molecule has 4 N–H and O–H groups in total. The Morgan fingerprint density at radius 3 is 1.50 bits per heavy atom. The van der Waals surface area contributed by atoms with Crippen molar-refractivity contribution in [1.29, 1.82) is 0 Å². The lowest BCUT2D eigenvalue weighted by molar-refractivity contribution is -0.122. The molecule has 214 valence electrons. The third-order valence-electron chi connectivity index (χ3n) is 4.65. The molecular weight excluding hydrogens is 464 g/mol. The summed E-state index contributed by atoms with van der Waals surface area (Å²) in [7, 11) is 0. The molecule has 36 heavy (non-hydrogen) atoms. The molecule has 0 aliphatic carbocycles. The van der Waals surface area contributed by atoms with Gasteiger partial charge in [0, 0.05) is 45.1 Å². The van der Waals surface area contributed by atoms with Gasteiger partial charge < -0.3 is 35.5 Å². The monoisotopic (exact) mass is 518 g/mol. The first-order valence-corrected chi connectivity index (χ1v) is 13.5. The molecular formula is C26H54N4O6. The van der Waals surface area contributed by atoms with Crippen LogP contribution in [0.3, 0.4) is 0 Å². The van der Waals surface area contributed by atoms with E-state index in [1.165, 1.54) is 0 Å². The molecule has 0 aromatic carbocycles. The standard InChI is InChI=1S/C22H45N3O5.C4H9NO/c1-6-11-23-20(26)9-14-29-17-22(25-19(4)5,16-28-13-8-3)18-30-15-10-21(27)24-12-7-2;1-2-3-5-4-6/h19,25H,6-18H2,1-5H3,(H,23,26)(H,24,27);4H,2-3H2,1H3,(H,5,6). The third kappa shape index (κ3) is 24.0. The Morgan fingerprint density at radius 2 is 1.17 bits per heavy atom. The summed E-state index contributed by atoms with van der Waals surface area (Å²) in [5.41, 5.74) is -0.539. The number of rotatable bonds is 23. The number of carbonyl (C=O) groups excluding carboxylic acids is 3. The predicted octanol–water partition coefficient (Wildman–Crippen LogP) is 2.16. The molecule has 0 atom stereocenters. The fourth-order valence-corrected chi connectivity index (χ4v) is 3.05. The molecule has 0 radical (unpaired) electrons. The van der Waals surface area contributed by atoms with E-state index in [0.717, 1.165) is 32.2 Å². The molecule has 0 unspecified atom stereocenters. The summed E-state index contributed by atoms with van der Waals surface area (Å²) in [5, 5.41) is 11.7. The number of hydrogen-bond acceptors (Lipinski definition) is 7. The molecule has 3 amide bonds. The minimum Gasteiger partial charge on any atom is -0.379 e. The SMILES string of the molecule is CCCNC(=O)CCOCC(COCCC)(COCCC(=O)NCCC)NC(C)C.CCCNC=O. The summed E-state index contributed by atoms with van der Waals surface area (Å²) in [6, 6.07) is 0.197. The van der Waals surface area contributed by atoms with Gasteiger partial charge in [0.15, 0.2) is 0 Å². The molecule has 0 spiro atoms. The second-order valence-electron chi connectivity index (χ2n) is 9.01. The zero-order valence-corrected chi connectivity index (χ0v) is 23.7. The molecule has 10 nitrogen and oxygen atoms in total. The summed E-state index contributed by atoms with van der Waals surface area (Å²) in [6.07, 6.45) is 5.13. The van der Waals surface area contributed by atoms with E-state index in [1.807, 2.05) is 20.8 Å². The van der Waals surface area contributed by atoms with Gasteiger partial charge in [-0.05, 0) is 25.7 Å². The van der Waals surface area contributed by atoms with Crippen molar-refractivity contribution in [1.82, 2.24) is 21.3 Å². The second kappa shape index (κ2) is 26.3. The van der Waals surface area contributed by atoms with Crippen LogP contribution in [0.25, 0.3) is 0 Å². The molecule has 0 heterocycles. The molecule has 0 aromatic rings. The average molecular weight is 519 g/mol. The van der Waals surface area contributed by atoms with Crippen LogP contribution < -0.4 is 21.3 Å². The van der Waals surface area contributed by atoms with Crippen LogP contribution in [0.4, 0.5) is 0 Å². The number of hydrogen-bond donors (Lipinski definition) is 4. The zero-order valence-electron chi connectivity index (χ0n) is 23.7. The normalized spacial score (nSPS) is 11.0. The van der Waals surface area contributed by atoms with Crippen LogP contribution in [0.2, 0.25) is 0 Å². The minimum atomic E-state index is -0.539. The Hall–Kier alpha value is -1.75. The van der Waals surface area contributed by atoms with E-state index in [-0.39, 0.29) is 17.9 Å². The maximum absolute atomic E-state index is 11.8. The highest BCUT2D eigenvalue weighted by Crippen LogP contribution is 2.11. The van der Waals surface area contributed by atoms with Crippen LogP contribution in [0.15, 0.2) is 0 Å². The molecule has 0 rings (SSSR count). The number of nitrogens with one attached hydrogen (secondary N) is 4. The van der Waals surface area contributed by atoms with E-state index in [1.54, 1.807) is 0 Å². The Morgan fingerprint density at radius 1 is 0.722 bits per heavy atom. The molecule has 0 aliphatic rings. The molecule has 0 aliphatic heterocycles. The first-order valence-electron chi connectivity index (χ1n) is 13.5. The van der Waals surface area contributed by atoms with Crippen molar-refractivity contribution >= 4 is 18.2 Å². The summed E-state index contributed by atoms with van der Waals surface area (Å²) in [5.74, 6) is -0.00770. The van der Waals surface area contributed by atoms with E-state index >= 15 is 0 Å². The first-order chi connectivity index (χ1) is 17.3. The molecule has 0 saturated carbocycles. The van der Waals surface area contributed by atoms with Gasteiger partial charge in [0.25, 0.3) is 0 Å². The molecule has 0 saturated heterocycles. The highest BCUT2D eigenvalue weighted by Gasteiger charge is 2.32. The fraction of sp³-hybridized carbons (Fsp3) is 0.885. The summed E-state index contributed by atoms with van der Waals surface area (Å²) in [6.45, 7) is 16.9. The topological polar surface area (TPSA) is 127 Å². The zero-order chi connectivity index (χ0) is 27.5. The largest absolute Gasteiger partial charge is 0.379 e. The van der Waals surface area contributed by atoms with Crippen molar-refractivity contribution in [3.8, 4) is 0 Å². The summed E-state index contributed by atoms with van der Waals surface area (Å²) < 4.78 is 17.5. The van der Waals surface area contributed by atoms with Gasteiger partial charge in [-0.3, -0.25) is 14.4 Å². The Bertz CT molecular complexity index is 507. The second-order valence-corrected chi connectivity index (χ2v) is 9.01. The van der Waals surface area contributed by atoms with Gasteiger partial charge in [-0.25, -0.2) is 0 Å². The van der Waals surface area contributed by atoms with Crippen molar-refractivity contribution in [2.75, 3.05) is 59.3 Å². The van der Waals surface area contributed by atoms with Gasteiger partial charge in [-0.1, -0.05) is 41.5 Å². The molecule has 10 heteroatoms. The van der Waals surface area contributed by atoms with E-state index in [4.69, 9.17) is 14.2 Å². The third-order valence-corrected chi connectivity index (χ3v) is 4.65. The van der Waals surface area contributed by atoms with Crippen LogP contribution in [-0.4, -0.2) is 89.1 Å². The van der Waals surface area contributed by atoms with Crippen LogP contribution in [-0.2, 0) is 28.6 Å². The average Bonchev–Trinajstić information content (AvgIpc) is 2.85. The molecule has 0 aromatic heterocycles. The van der Waals surface area contributed by atoms with Gasteiger partial charge in [-0.2, -0.15) is 0 Å². The quantitative estimate of drug-likeness (QED) is 0.121. The van der Waals surface area contributed by atoms with E-state index < -0.39 is 5.54 Å². The van der Waals surface area contributed by atoms with Gasteiger partial charge in [0.2, 0.25) is 18.2 Å². The Kier molecular flexibility index (Phi) is 26.6. The van der Waals surface area contributed by atoms with Crippen molar-refractivity contribution in [2.24, 2.45) is 0 Å². The first kappa shape index (κ1) is 36.4. The van der Waals surface area contributed by atoms with Crippen molar-refractivity contribution in [2.45, 2.75) is 91.6 Å². The lowest BCUT2D eigenvalue weighted by Gasteiger charge is -2.36. The molecule has 0 bridgehead atoms. The van der Waals surface area contributed by atoms with Crippen LogP contribution in [0, 0.1) is 0 Å². The van der Waals surface area contributed by atoms with E-state index in [2.05, 4.69) is 42.0 Å². The highest BCUT2D eigenvalue weighted by atomic mass is 16.5.